The molecule has 2 amide bonds. The lowest BCUT2D eigenvalue weighted by atomic mass is 10.0. The summed E-state index contributed by atoms with van der Waals surface area (Å²) in [6.07, 6.45) is 4.05. The number of hydrogen-bond acceptors (Lipinski definition) is 3. The van der Waals surface area contributed by atoms with Gasteiger partial charge in [-0.05, 0) is 54.7 Å². The van der Waals surface area contributed by atoms with Crippen LogP contribution in [0.15, 0.2) is 85.1 Å². The van der Waals surface area contributed by atoms with Crippen LogP contribution in [0.25, 0.3) is 11.1 Å². The van der Waals surface area contributed by atoms with Crippen LogP contribution in [0.1, 0.15) is 44.8 Å². The lowest BCUT2D eigenvalue weighted by Crippen LogP contribution is -2.24. The largest absolute Gasteiger partial charge is 0.371 e. The molecule has 0 radical (unpaired) electrons. The van der Waals surface area contributed by atoms with E-state index in [-0.39, 0.29) is 11.8 Å². The van der Waals surface area contributed by atoms with Gasteiger partial charge in [0, 0.05) is 38.6 Å². The van der Waals surface area contributed by atoms with Crippen LogP contribution in [-0.2, 0) is 13.6 Å². The average molecular weight is 493 g/mol. The molecule has 1 aromatic heterocycles. The quantitative estimate of drug-likeness (QED) is 0.344. The average Bonchev–Trinajstić information content (AvgIpc) is 3.58. The van der Waals surface area contributed by atoms with E-state index in [1.54, 1.807) is 23.9 Å². The summed E-state index contributed by atoms with van der Waals surface area (Å²) in [4.78, 5) is 28.3. The molecule has 0 spiro atoms. The van der Waals surface area contributed by atoms with Crippen molar-refractivity contribution in [2.45, 2.75) is 26.3 Å². The number of carbonyl (C=O) groups excluding carboxylic acids is 2. The van der Waals surface area contributed by atoms with E-state index in [0.29, 0.717) is 23.5 Å². The van der Waals surface area contributed by atoms with Crippen LogP contribution in [0, 0.1) is 6.92 Å². The molecule has 37 heavy (non-hydrogen) atoms. The Bertz CT molecular complexity index is 1400. The lowest BCUT2D eigenvalue weighted by molar-refractivity contribution is 0.0942. The van der Waals surface area contributed by atoms with E-state index in [9.17, 15) is 9.59 Å². The first-order valence-corrected chi connectivity index (χ1v) is 12.7. The van der Waals surface area contributed by atoms with Crippen LogP contribution in [-0.4, -0.2) is 29.5 Å². The molecule has 1 fully saturated rings. The summed E-state index contributed by atoms with van der Waals surface area (Å²) >= 11 is 0. The number of aromatic nitrogens is 1. The van der Waals surface area contributed by atoms with Crippen LogP contribution in [0.2, 0.25) is 0 Å². The number of anilines is 2. The van der Waals surface area contributed by atoms with Crippen molar-refractivity contribution in [3.05, 3.63) is 107 Å². The molecule has 1 saturated heterocycles. The number of rotatable bonds is 7. The highest BCUT2D eigenvalue weighted by atomic mass is 16.2. The third-order valence-electron chi connectivity index (χ3n) is 6.88. The minimum atomic E-state index is -0.192. The van der Waals surface area contributed by atoms with Gasteiger partial charge in [0.05, 0.1) is 11.3 Å². The van der Waals surface area contributed by atoms with Crippen molar-refractivity contribution in [1.82, 2.24) is 9.88 Å². The van der Waals surface area contributed by atoms with Crippen molar-refractivity contribution in [3.8, 4) is 11.1 Å². The molecule has 0 bridgehead atoms. The molecular weight excluding hydrogens is 460 g/mol. The molecule has 0 unspecified atom stereocenters. The van der Waals surface area contributed by atoms with Gasteiger partial charge in [0.2, 0.25) is 0 Å². The molecule has 188 valence electrons. The van der Waals surface area contributed by atoms with Crippen molar-refractivity contribution in [1.29, 1.82) is 0 Å². The molecule has 0 aliphatic carbocycles. The number of nitrogens with one attached hydrogen (secondary N) is 2. The molecule has 2 heterocycles. The number of aryl methyl sites for hydroxylation is 2. The van der Waals surface area contributed by atoms with E-state index in [4.69, 9.17) is 0 Å². The molecule has 6 heteroatoms. The van der Waals surface area contributed by atoms with Crippen molar-refractivity contribution < 1.29 is 9.59 Å². The monoisotopic (exact) mass is 492 g/mol. The maximum atomic E-state index is 13.1. The highest BCUT2D eigenvalue weighted by molar-refractivity contribution is 6.08. The zero-order valence-electron chi connectivity index (χ0n) is 21.3. The first-order chi connectivity index (χ1) is 18.0. The Kier molecular flexibility index (Phi) is 7.08. The minimum absolute atomic E-state index is 0.172. The van der Waals surface area contributed by atoms with Gasteiger partial charge in [0.1, 0.15) is 5.69 Å². The molecule has 3 aromatic carbocycles. The summed E-state index contributed by atoms with van der Waals surface area (Å²) in [5, 5.41) is 5.96. The first-order valence-electron chi connectivity index (χ1n) is 12.7. The van der Waals surface area contributed by atoms with E-state index in [2.05, 4.69) is 58.9 Å². The van der Waals surface area contributed by atoms with Gasteiger partial charge in [-0.2, -0.15) is 0 Å². The molecule has 5 rings (SSSR count). The number of para-hydroxylation sites is 1. The Morgan fingerprint density at radius 3 is 2.19 bits per heavy atom. The van der Waals surface area contributed by atoms with Gasteiger partial charge in [-0.3, -0.25) is 9.59 Å². The Balaban J connectivity index is 1.21. The van der Waals surface area contributed by atoms with Gasteiger partial charge >= 0.3 is 0 Å². The van der Waals surface area contributed by atoms with Gasteiger partial charge in [0.15, 0.2) is 0 Å². The van der Waals surface area contributed by atoms with Crippen molar-refractivity contribution in [2.24, 2.45) is 7.05 Å². The summed E-state index contributed by atoms with van der Waals surface area (Å²) in [5.41, 5.74) is 7.25. The number of carbonyl (C=O) groups is 2. The van der Waals surface area contributed by atoms with Crippen LogP contribution in [0.3, 0.4) is 0 Å². The van der Waals surface area contributed by atoms with E-state index in [1.807, 2.05) is 36.4 Å². The summed E-state index contributed by atoms with van der Waals surface area (Å²) in [6.45, 7) is 4.43. The Morgan fingerprint density at radius 2 is 1.49 bits per heavy atom. The number of amides is 2. The summed E-state index contributed by atoms with van der Waals surface area (Å²) < 4.78 is 1.73. The molecule has 2 N–H and O–H groups in total. The number of benzene rings is 3. The second kappa shape index (κ2) is 10.7. The van der Waals surface area contributed by atoms with Gasteiger partial charge in [0.25, 0.3) is 11.8 Å². The minimum Gasteiger partial charge on any atom is -0.371 e. The van der Waals surface area contributed by atoms with Crippen LogP contribution in [0.4, 0.5) is 11.4 Å². The van der Waals surface area contributed by atoms with Crippen LogP contribution in [0.5, 0.6) is 0 Å². The Morgan fingerprint density at radius 1 is 0.838 bits per heavy atom. The first kappa shape index (κ1) is 24.4. The predicted octanol–water partition coefficient (Wildman–Crippen LogP) is 5.78. The van der Waals surface area contributed by atoms with Gasteiger partial charge < -0.3 is 20.1 Å². The Labute approximate surface area is 217 Å². The molecule has 0 atom stereocenters. The standard InChI is InChI=1S/C31H32N4O2/c1-22-9-13-24(14-10-22)25-15-11-23(12-16-25)20-32-31(37)29-19-26(21-34(29)2)33-30(36)27-7-3-4-8-28(27)35-17-5-6-18-35/h3-4,7-16,19,21H,5-6,17-18,20H2,1-2H3,(H,32,37)(H,33,36). The van der Waals surface area contributed by atoms with E-state index < -0.39 is 0 Å². The summed E-state index contributed by atoms with van der Waals surface area (Å²) in [6, 6.07) is 26.0. The maximum Gasteiger partial charge on any atom is 0.268 e. The molecule has 1 aliphatic heterocycles. The zero-order chi connectivity index (χ0) is 25.8. The van der Waals surface area contributed by atoms with Crippen molar-refractivity contribution in [2.75, 3.05) is 23.3 Å². The van der Waals surface area contributed by atoms with Crippen molar-refractivity contribution in [3.63, 3.8) is 0 Å². The zero-order valence-corrected chi connectivity index (χ0v) is 21.3. The van der Waals surface area contributed by atoms with E-state index in [1.165, 1.54) is 11.1 Å². The summed E-state index contributed by atoms with van der Waals surface area (Å²) in [5.74, 6) is -0.364. The molecule has 6 nitrogen and oxygen atoms in total. The molecular formula is C31H32N4O2. The predicted molar refractivity (Wildman–Crippen MR) is 149 cm³/mol. The van der Waals surface area contributed by atoms with Gasteiger partial charge in [-0.1, -0.05) is 66.2 Å². The smallest absolute Gasteiger partial charge is 0.268 e. The van der Waals surface area contributed by atoms with Crippen LogP contribution >= 0.6 is 0 Å². The maximum absolute atomic E-state index is 13.1. The second-order valence-corrected chi connectivity index (χ2v) is 9.64. The number of hydrogen-bond donors (Lipinski definition) is 2. The fourth-order valence-corrected chi connectivity index (χ4v) is 4.79. The third-order valence-corrected chi connectivity index (χ3v) is 6.88. The highest BCUT2D eigenvalue weighted by Gasteiger charge is 2.20. The van der Waals surface area contributed by atoms with Gasteiger partial charge in [-0.15, -0.1) is 0 Å². The van der Waals surface area contributed by atoms with Crippen molar-refractivity contribution >= 4 is 23.2 Å². The normalized spacial score (nSPS) is 13.0. The highest BCUT2D eigenvalue weighted by Crippen LogP contribution is 2.26. The number of nitrogens with zero attached hydrogens (tertiary/aromatic N) is 2. The van der Waals surface area contributed by atoms with Crippen LogP contribution < -0.4 is 15.5 Å². The fraction of sp³-hybridized carbons (Fsp3) is 0.226. The summed E-state index contributed by atoms with van der Waals surface area (Å²) in [7, 11) is 1.80. The molecule has 0 saturated carbocycles. The fourth-order valence-electron chi connectivity index (χ4n) is 4.79. The molecule has 4 aromatic rings. The van der Waals surface area contributed by atoms with E-state index >= 15 is 0 Å². The Hall–Kier alpha value is -4.32. The third kappa shape index (κ3) is 5.59. The SMILES string of the molecule is Cc1ccc(-c2ccc(CNC(=O)c3cc(NC(=O)c4ccccc4N4CCCC4)cn3C)cc2)cc1. The second-order valence-electron chi connectivity index (χ2n) is 9.64. The topological polar surface area (TPSA) is 66.4 Å². The molecule has 1 aliphatic rings. The van der Waals surface area contributed by atoms with Gasteiger partial charge in [-0.25, -0.2) is 0 Å². The lowest BCUT2D eigenvalue weighted by Gasteiger charge is -2.20. The van der Waals surface area contributed by atoms with E-state index in [0.717, 1.165) is 42.7 Å².